The van der Waals surface area contributed by atoms with E-state index in [1.807, 2.05) is 24.3 Å². The van der Waals surface area contributed by atoms with E-state index in [0.29, 0.717) is 12.5 Å². The molecular formula is C17H22BrN3O. The molecule has 0 amide bonds. The van der Waals surface area contributed by atoms with Crippen LogP contribution in [0.1, 0.15) is 26.3 Å². The standard InChI is InChI=1S/C17H22BrN3O/c1-4-21(17-6-5-9-19-20-17)11-14-10-15(18)7-8-16(14)22-12-13(2)3/h5-10,13H,4,11-12H2,1-3H3. The van der Waals surface area contributed by atoms with Crippen LogP contribution in [0.15, 0.2) is 41.0 Å². The van der Waals surface area contributed by atoms with Gasteiger partial charge in [-0.3, -0.25) is 0 Å². The van der Waals surface area contributed by atoms with Gasteiger partial charge in [0.15, 0.2) is 5.82 Å². The Labute approximate surface area is 140 Å². The van der Waals surface area contributed by atoms with E-state index < -0.39 is 0 Å². The minimum atomic E-state index is 0.499. The summed E-state index contributed by atoms with van der Waals surface area (Å²) in [6, 6.07) is 10.0. The van der Waals surface area contributed by atoms with Gasteiger partial charge in [-0.25, -0.2) is 0 Å². The molecule has 4 nitrogen and oxygen atoms in total. The maximum absolute atomic E-state index is 5.95. The monoisotopic (exact) mass is 363 g/mol. The van der Waals surface area contributed by atoms with E-state index in [4.69, 9.17) is 4.74 Å². The zero-order valence-corrected chi connectivity index (χ0v) is 14.9. The first kappa shape index (κ1) is 16.7. The van der Waals surface area contributed by atoms with Gasteiger partial charge in [0.05, 0.1) is 6.61 Å². The minimum Gasteiger partial charge on any atom is -0.493 e. The van der Waals surface area contributed by atoms with Crippen LogP contribution in [0.3, 0.4) is 0 Å². The van der Waals surface area contributed by atoms with Gasteiger partial charge >= 0.3 is 0 Å². The Morgan fingerprint density at radius 3 is 2.73 bits per heavy atom. The van der Waals surface area contributed by atoms with E-state index >= 15 is 0 Å². The quantitative estimate of drug-likeness (QED) is 0.734. The summed E-state index contributed by atoms with van der Waals surface area (Å²) >= 11 is 3.54. The van der Waals surface area contributed by atoms with Gasteiger partial charge in [0, 0.05) is 29.3 Å². The summed E-state index contributed by atoms with van der Waals surface area (Å²) in [6.45, 7) is 8.72. The van der Waals surface area contributed by atoms with E-state index in [2.05, 4.69) is 57.9 Å². The highest BCUT2D eigenvalue weighted by molar-refractivity contribution is 9.10. The molecule has 0 fully saturated rings. The number of hydrogen-bond acceptors (Lipinski definition) is 4. The summed E-state index contributed by atoms with van der Waals surface area (Å²) in [4.78, 5) is 2.18. The van der Waals surface area contributed by atoms with Crippen LogP contribution in [0.5, 0.6) is 5.75 Å². The molecule has 0 unspecified atom stereocenters. The Hall–Kier alpha value is -1.62. The molecule has 2 aromatic rings. The lowest BCUT2D eigenvalue weighted by Gasteiger charge is -2.23. The molecule has 118 valence electrons. The lowest BCUT2D eigenvalue weighted by atomic mass is 10.1. The first-order chi connectivity index (χ1) is 10.6. The van der Waals surface area contributed by atoms with Crippen molar-refractivity contribution in [3.8, 4) is 5.75 Å². The number of halogens is 1. The summed E-state index contributed by atoms with van der Waals surface area (Å²) in [6.07, 6.45) is 1.69. The molecule has 0 spiro atoms. The Morgan fingerprint density at radius 1 is 1.27 bits per heavy atom. The summed E-state index contributed by atoms with van der Waals surface area (Å²) < 4.78 is 7.00. The largest absolute Gasteiger partial charge is 0.493 e. The molecule has 1 aromatic heterocycles. The average molecular weight is 364 g/mol. The molecule has 1 heterocycles. The molecule has 0 saturated carbocycles. The first-order valence-electron chi connectivity index (χ1n) is 7.54. The smallest absolute Gasteiger partial charge is 0.151 e. The van der Waals surface area contributed by atoms with Crippen LogP contribution in [0, 0.1) is 5.92 Å². The SMILES string of the molecule is CCN(Cc1cc(Br)ccc1OCC(C)C)c1cccnn1. The molecule has 0 bridgehead atoms. The van der Waals surface area contributed by atoms with Crippen LogP contribution < -0.4 is 9.64 Å². The highest BCUT2D eigenvalue weighted by Gasteiger charge is 2.12. The second kappa shape index (κ2) is 8.13. The zero-order valence-electron chi connectivity index (χ0n) is 13.3. The highest BCUT2D eigenvalue weighted by atomic mass is 79.9. The van der Waals surface area contributed by atoms with Gasteiger partial charge in [0.2, 0.25) is 0 Å². The van der Waals surface area contributed by atoms with E-state index in [-0.39, 0.29) is 0 Å². The van der Waals surface area contributed by atoms with Gasteiger partial charge < -0.3 is 9.64 Å². The predicted molar refractivity (Wildman–Crippen MR) is 93.2 cm³/mol. The molecule has 0 radical (unpaired) electrons. The van der Waals surface area contributed by atoms with Crippen molar-refractivity contribution < 1.29 is 4.74 Å². The number of hydrogen-bond donors (Lipinski definition) is 0. The lowest BCUT2D eigenvalue weighted by Crippen LogP contribution is -2.23. The fraction of sp³-hybridized carbons (Fsp3) is 0.412. The number of benzene rings is 1. The van der Waals surface area contributed by atoms with E-state index in [1.165, 1.54) is 0 Å². The van der Waals surface area contributed by atoms with Crippen molar-refractivity contribution in [1.82, 2.24) is 10.2 Å². The molecule has 0 N–H and O–H groups in total. The van der Waals surface area contributed by atoms with Gasteiger partial charge in [-0.15, -0.1) is 5.10 Å². The Kier molecular flexibility index (Phi) is 6.19. The van der Waals surface area contributed by atoms with Crippen molar-refractivity contribution in [2.24, 2.45) is 5.92 Å². The lowest BCUT2D eigenvalue weighted by molar-refractivity contribution is 0.268. The van der Waals surface area contributed by atoms with Crippen LogP contribution in [0.2, 0.25) is 0 Å². The van der Waals surface area contributed by atoms with Crippen LogP contribution in [0.25, 0.3) is 0 Å². The first-order valence-corrected chi connectivity index (χ1v) is 8.33. The van der Waals surface area contributed by atoms with Gasteiger partial charge in [0.1, 0.15) is 5.75 Å². The Balaban J connectivity index is 2.21. The third-order valence-electron chi connectivity index (χ3n) is 3.22. The van der Waals surface area contributed by atoms with Crippen LogP contribution >= 0.6 is 15.9 Å². The Bertz CT molecular complexity index is 590. The molecule has 2 rings (SSSR count). The molecule has 0 atom stereocenters. The number of anilines is 1. The van der Waals surface area contributed by atoms with Gasteiger partial charge in [-0.1, -0.05) is 29.8 Å². The fourth-order valence-corrected chi connectivity index (χ4v) is 2.50. The van der Waals surface area contributed by atoms with Gasteiger partial charge in [-0.05, 0) is 43.2 Å². The number of nitrogens with zero attached hydrogens (tertiary/aromatic N) is 3. The molecule has 1 aromatic carbocycles. The van der Waals surface area contributed by atoms with Crippen LogP contribution in [-0.4, -0.2) is 23.3 Å². The second-order valence-electron chi connectivity index (χ2n) is 5.55. The predicted octanol–water partition coefficient (Wildman–Crippen LogP) is 4.30. The molecule has 22 heavy (non-hydrogen) atoms. The van der Waals surface area contributed by atoms with Crippen LogP contribution in [-0.2, 0) is 6.54 Å². The molecule has 0 aliphatic heterocycles. The zero-order chi connectivity index (χ0) is 15.9. The van der Waals surface area contributed by atoms with E-state index in [1.54, 1.807) is 6.20 Å². The highest BCUT2D eigenvalue weighted by Crippen LogP contribution is 2.26. The summed E-state index contributed by atoms with van der Waals surface area (Å²) in [7, 11) is 0. The third-order valence-corrected chi connectivity index (χ3v) is 3.71. The molecule has 0 aliphatic rings. The second-order valence-corrected chi connectivity index (χ2v) is 6.47. The van der Waals surface area contributed by atoms with Crippen molar-refractivity contribution in [3.05, 3.63) is 46.6 Å². The number of ether oxygens (including phenoxy) is 1. The van der Waals surface area contributed by atoms with Crippen molar-refractivity contribution in [3.63, 3.8) is 0 Å². The maximum atomic E-state index is 5.95. The summed E-state index contributed by atoms with van der Waals surface area (Å²) in [5.41, 5.74) is 1.14. The number of aromatic nitrogens is 2. The van der Waals surface area contributed by atoms with Crippen molar-refractivity contribution >= 4 is 21.7 Å². The third kappa shape index (κ3) is 4.70. The maximum Gasteiger partial charge on any atom is 0.151 e. The normalized spacial score (nSPS) is 10.8. The fourth-order valence-electron chi connectivity index (χ4n) is 2.09. The van der Waals surface area contributed by atoms with E-state index in [0.717, 1.165) is 34.7 Å². The molecule has 0 aliphatic carbocycles. The summed E-state index contributed by atoms with van der Waals surface area (Å²) in [5.74, 6) is 2.30. The van der Waals surface area contributed by atoms with Gasteiger partial charge in [0.25, 0.3) is 0 Å². The van der Waals surface area contributed by atoms with Crippen molar-refractivity contribution in [1.29, 1.82) is 0 Å². The van der Waals surface area contributed by atoms with Gasteiger partial charge in [-0.2, -0.15) is 5.10 Å². The average Bonchev–Trinajstić information content (AvgIpc) is 2.52. The van der Waals surface area contributed by atoms with Crippen LogP contribution in [0.4, 0.5) is 5.82 Å². The van der Waals surface area contributed by atoms with Crippen molar-refractivity contribution in [2.45, 2.75) is 27.3 Å². The molecule has 5 heteroatoms. The minimum absolute atomic E-state index is 0.499. The topological polar surface area (TPSA) is 38.2 Å². The molecule has 0 saturated heterocycles. The van der Waals surface area contributed by atoms with E-state index in [9.17, 15) is 0 Å². The summed E-state index contributed by atoms with van der Waals surface area (Å²) in [5, 5.41) is 8.16. The van der Waals surface area contributed by atoms with Crippen molar-refractivity contribution in [2.75, 3.05) is 18.1 Å². The molecular weight excluding hydrogens is 342 g/mol. The number of rotatable bonds is 7. The Morgan fingerprint density at radius 2 is 2.09 bits per heavy atom.